The quantitative estimate of drug-likeness (QED) is 0.594. The summed E-state index contributed by atoms with van der Waals surface area (Å²) in [7, 11) is 1.69. The molecule has 0 aliphatic heterocycles. The summed E-state index contributed by atoms with van der Waals surface area (Å²) in [6, 6.07) is 19.3. The summed E-state index contributed by atoms with van der Waals surface area (Å²) in [6.45, 7) is 3.28. The van der Waals surface area contributed by atoms with E-state index in [9.17, 15) is 0 Å². The van der Waals surface area contributed by atoms with Crippen molar-refractivity contribution in [1.29, 1.82) is 0 Å². The zero-order valence-electron chi connectivity index (χ0n) is 16.3. The SMILES string of the molecule is CC[N+](=c1cc(-c2ccc(OC)cc2)oc2ccccc12)C1CCCCC1. The first kappa shape index (κ1) is 17.8. The number of nitrogens with zero attached hydrogens (tertiary/aromatic N) is 1. The van der Waals surface area contributed by atoms with Crippen molar-refractivity contribution >= 4 is 11.0 Å². The van der Waals surface area contributed by atoms with Crippen LogP contribution >= 0.6 is 0 Å². The van der Waals surface area contributed by atoms with E-state index in [0.29, 0.717) is 6.04 Å². The van der Waals surface area contributed by atoms with E-state index in [0.717, 1.165) is 29.2 Å². The van der Waals surface area contributed by atoms with E-state index in [1.54, 1.807) is 7.11 Å². The zero-order chi connectivity index (χ0) is 18.6. The van der Waals surface area contributed by atoms with Crippen LogP contribution in [0.5, 0.6) is 5.75 Å². The van der Waals surface area contributed by atoms with Gasteiger partial charge in [0.1, 0.15) is 23.6 Å². The Morgan fingerprint density at radius 1 is 1.00 bits per heavy atom. The molecule has 3 nitrogen and oxygen atoms in total. The molecule has 0 amide bonds. The predicted molar refractivity (Wildman–Crippen MR) is 111 cm³/mol. The molecule has 1 aliphatic rings. The van der Waals surface area contributed by atoms with Gasteiger partial charge in [-0.25, -0.2) is 4.58 Å². The van der Waals surface area contributed by atoms with Crippen LogP contribution in [0, 0.1) is 0 Å². The minimum Gasteiger partial charge on any atom is -0.497 e. The molecule has 1 aliphatic carbocycles. The average Bonchev–Trinajstić information content (AvgIpc) is 2.75. The van der Waals surface area contributed by atoms with E-state index in [-0.39, 0.29) is 0 Å². The summed E-state index contributed by atoms with van der Waals surface area (Å²) in [5, 5.41) is 2.49. The Morgan fingerprint density at radius 3 is 2.44 bits per heavy atom. The van der Waals surface area contributed by atoms with Crippen molar-refractivity contribution in [3.63, 3.8) is 0 Å². The molecule has 0 atom stereocenters. The van der Waals surface area contributed by atoms with Gasteiger partial charge in [-0.1, -0.05) is 18.6 Å². The van der Waals surface area contributed by atoms with Gasteiger partial charge in [-0.05, 0) is 56.2 Å². The molecule has 0 spiro atoms. The second kappa shape index (κ2) is 7.99. The summed E-state index contributed by atoms with van der Waals surface area (Å²) >= 11 is 0. The van der Waals surface area contributed by atoms with Gasteiger partial charge in [-0.3, -0.25) is 0 Å². The molecule has 0 N–H and O–H groups in total. The fourth-order valence-electron chi connectivity index (χ4n) is 4.27. The molecule has 1 aromatic heterocycles. The maximum atomic E-state index is 6.28. The summed E-state index contributed by atoms with van der Waals surface area (Å²) in [6.07, 6.45) is 6.61. The molecule has 140 valence electrons. The standard InChI is InChI=1S/C24H28NO2/c1-3-25(19-9-5-4-6-10-19)22-17-24(18-13-15-20(26-2)16-14-18)27-23-12-8-7-11-21(22)23/h7-8,11-17,19H,3-6,9-10H2,1-2H3/q+1. The van der Waals surface area contributed by atoms with Crippen LogP contribution in [0.2, 0.25) is 0 Å². The fourth-order valence-corrected chi connectivity index (χ4v) is 4.27. The van der Waals surface area contributed by atoms with E-state index < -0.39 is 0 Å². The predicted octanol–water partition coefficient (Wildman–Crippen LogP) is 5.23. The highest BCUT2D eigenvalue weighted by Crippen LogP contribution is 2.25. The van der Waals surface area contributed by atoms with Crippen molar-refractivity contribution in [1.82, 2.24) is 4.58 Å². The van der Waals surface area contributed by atoms with Gasteiger partial charge in [-0.15, -0.1) is 0 Å². The van der Waals surface area contributed by atoms with E-state index in [1.807, 2.05) is 18.2 Å². The van der Waals surface area contributed by atoms with Crippen molar-refractivity contribution in [2.24, 2.45) is 0 Å². The van der Waals surface area contributed by atoms with E-state index in [4.69, 9.17) is 9.15 Å². The highest BCUT2D eigenvalue weighted by atomic mass is 16.5. The number of rotatable bonds is 4. The lowest BCUT2D eigenvalue weighted by atomic mass is 9.94. The van der Waals surface area contributed by atoms with Crippen LogP contribution in [0.3, 0.4) is 0 Å². The number of benzene rings is 2. The number of ether oxygens (including phenoxy) is 1. The number of fused-ring (bicyclic) bond motifs is 1. The minimum absolute atomic E-state index is 0.623. The van der Waals surface area contributed by atoms with Crippen molar-refractivity contribution in [3.8, 4) is 17.1 Å². The topological polar surface area (TPSA) is 25.4 Å². The molecular weight excluding hydrogens is 334 g/mol. The molecule has 0 saturated heterocycles. The lowest BCUT2D eigenvalue weighted by Gasteiger charge is -2.20. The number of methoxy groups -OCH3 is 1. The minimum atomic E-state index is 0.623. The zero-order valence-corrected chi connectivity index (χ0v) is 16.3. The Labute approximate surface area is 160 Å². The molecule has 1 heterocycles. The Morgan fingerprint density at radius 2 is 1.74 bits per heavy atom. The largest absolute Gasteiger partial charge is 0.497 e. The van der Waals surface area contributed by atoms with Gasteiger partial charge in [0.15, 0.2) is 6.04 Å². The molecule has 1 fully saturated rings. The second-order valence-corrected chi connectivity index (χ2v) is 7.30. The van der Waals surface area contributed by atoms with Crippen LogP contribution in [0.4, 0.5) is 0 Å². The van der Waals surface area contributed by atoms with E-state index >= 15 is 0 Å². The Hall–Kier alpha value is -2.55. The number of para-hydroxylation sites is 1. The molecule has 0 unspecified atom stereocenters. The first-order valence-electron chi connectivity index (χ1n) is 10.1. The van der Waals surface area contributed by atoms with Crippen molar-refractivity contribution in [2.75, 3.05) is 13.7 Å². The third-order valence-corrected chi connectivity index (χ3v) is 5.69. The molecule has 3 aromatic rings. The summed E-state index contributed by atoms with van der Waals surface area (Å²) in [5.74, 6) is 1.76. The van der Waals surface area contributed by atoms with Gasteiger partial charge >= 0.3 is 0 Å². The lowest BCUT2D eigenvalue weighted by Crippen LogP contribution is -2.40. The molecule has 2 aromatic carbocycles. The Balaban J connectivity index is 1.93. The smallest absolute Gasteiger partial charge is 0.214 e. The van der Waals surface area contributed by atoms with Crippen molar-refractivity contribution in [3.05, 3.63) is 60.0 Å². The van der Waals surface area contributed by atoms with E-state index in [2.05, 4.69) is 47.9 Å². The number of hydrogen-bond donors (Lipinski definition) is 0. The first-order chi connectivity index (χ1) is 13.3. The monoisotopic (exact) mass is 362 g/mol. The summed E-state index contributed by atoms with van der Waals surface area (Å²) in [5.41, 5.74) is 2.01. The third kappa shape index (κ3) is 3.64. The average molecular weight is 362 g/mol. The molecular formula is C24H28NO2+. The van der Waals surface area contributed by atoms with Gasteiger partial charge in [0.25, 0.3) is 0 Å². The highest BCUT2D eigenvalue weighted by Gasteiger charge is 2.24. The molecule has 4 rings (SSSR count). The first-order valence-corrected chi connectivity index (χ1v) is 10.1. The third-order valence-electron chi connectivity index (χ3n) is 5.69. The molecule has 0 bridgehead atoms. The van der Waals surface area contributed by atoms with Gasteiger partial charge in [0.05, 0.1) is 18.6 Å². The number of hydrogen-bond acceptors (Lipinski definition) is 2. The van der Waals surface area contributed by atoms with Gasteiger partial charge in [0.2, 0.25) is 5.36 Å². The maximum Gasteiger partial charge on any atom is 0.214 e. The van der Waals surface area contributed by atoms with Crippen molar-refractivity contribution in [2.45, 2.75) is 45.1 Å². The van der Waals surface area contributed by atoms with Gasteiger partial charge in [0, 0.05) is 18.4 Å². The normalized spacial score (nSPS) is 16.4. The van der Waals surface area contributed by atoms with Crippen LogP contribution in [-0.4, -0.2) is 19.7 Å². The van der Waals surface area contributed by atoms with Crippen molar-refractivity contribution < 1.29 is 9.15 Å². The Bertz CT molecular complexity index is 979. The van der Waals surface area contributed by atoms with Crippen LogP contribution in [0.1, 0.15) is 39.0 Å². The molecule has 0 radical (unpaired) electrons. The van der Waals surface area contributed by atoms with Crippen LogP contribution < -0.4 is 14.7 Å². The highest BCUT2D eigenvalue weighted by molar-refractivity contribution is 5.78. The van der Waals surface area contributed by atoms with Gasteiger partial charge < -0.3 is 9.15 Å². The van der Waals surface area contributed by atoms with Gasteiger partial charge in [-0.2, -0.15) is 0 Å². The fraction of sp³-hybridized carbons (Fsp3) is 0.375. The summed E-state index contributed by atoms with van der Waals surface area (Å²) < 4.78 is 14.2. The lowest BCUT2D eigenvalue weighted by molar-refractivity contribution is 0.336. The van der Waals surface area contributed by atoms with Crippen LogP contribution in [-0.2, 0) is 0 Å². The molecule has 1 saturated carbocycles. The van der Waals surface area contributed by atoms with Crippen LogP contribution in [0.25, 0.3) is 22.3 Å². The summed E-state index contributed by atoms with van der Waals surface area (Å²) in [4.78, 5) is 0. The second-order valence-electron chi connectivity index (χ2n) is 7.30. The maximum absolute atomic E-state index is 6.28. The molecule has 27 heavy (non-hydrogen) atoms. The van der Waals surface area contributed by atoms with E-state index in [1.165, 1.54) is 42.8 Å². The van der Waals surface area contributed by atoms with Crippen LogP contribution in [0.15, 0.2) is 59.0 Å². The molecule has 3 heteroatoms. The Kier molecular flexibility index (Phi) is 5.28.